The second-order valence-corrected chi connectivity index (χ2v) is 9.48. The highest BCUT2D eigenvalue weighted by Crippen LogP contribution is 2.30. The summed E-state index contributed by atoms with van der Waals surface area (Å²) in [5, 5.41) is 5.75. The lowest BCUT2D eigenvalue weighted by atomic mass is 9.81. The van der Waals surface area contributed by atoms with Crippen molar-refractivity contribution >= 4 is 29.3 Å². The Morgan fingerprint density at radius 1 is 0.944 bits per heavy atom. The van der Waals surface area contributed by atoms with Crippen LogP contribution in [0.5, 0.6) is 0 Å². The Morgan fingerprint density at radius 3 is 2.25 bits per heavy atom. The van der Waals surface area contributed by atoms with Gasteiger partial charge >= 0.3 is 0 Å². The standard InChI is InChI=1S/C27H37N3O6/c1-19-3-9-23(10-4-19)29-24(31)11-13-35-15-16-36-14-12-28-26(33)22-7-5-21(6-8-22)18-30-25(32)17-20(2)27(30)34/h3-4,9-10,17,21-22H,5-8,11-16,18H2,1-2H3,(H,28,33)(H,29,31). The molecule has 1 saturated carbocycles. The van der Waals surface area contributed by atoms with Gasteiger partial charge in [0.25, 0.3) is 11.8 Å². The number of aryl methyl sites for hydroxylation is 1. The lowest BCUT2D eigenvalue weighted by molar-refractivity contribution is -0.138. The van der Waals surface area contributed by atoms with E-state index in [1.54, 1.807) is 6.92 Å². The minimum atomic E-state index is -0.230. The molecule has 0 aromatic heterocycles. The molecule has 9 nitrogen and oxygen atoms in total. The van der Waals surface area contributed by atoms with E-state index in [0.29, 0.717) is 45.1 Å². The smallest absolute Gasteiger partial charge is 0.256 e. The highest BCUT2D eigenvalue weighted by Gasteiger charge is 2.33. The fourth-order valence-corrected chi connectivity index (χ4v) is 4.41. The molecule has 1 aliphatic heterocycles. The number of hydrogen-bond donors (Lipinski definition) is 2. The molecule has 2 aliphatic rings. The highest BCUT2D eigenvalue weighted by atomic mass is 16.5. The van der Waals surface area contributed by atoms with Crippen molar-refractivity contribution in [3.63, 3.8) is 0 Å². The maximum atomic E-state index is 12.4. The van der Waals surface area contributed by atoms with Crippen LogP contribution in [0.1, 0.15) is 44.6 Å². The SMILES string of the molecule is CC1=CC(=O)N(CC2CCC(C(=O)NCCOCCOCCC(=O)Nc3ccc(C)cc3)CC2)C1=O. The van der Waals surface area contributed by atoms with E-state index in [1.165, 1.54) is 11.0 Å². The first kappa shape index (κ1) is 27.5. The first-order valence-electron chi connectivity index (χ1n) is 12.7. The lowest BCUT2D eigenvalue weighted by Crippen LogP contribution is -2.39. The van der Waals surface area contributed by atoms with Gasteiger partial charge in [-0.25, -0.2) is 0 Å². The number of imide groups is 1. The van der Waals surface area contributed by atoms with Gasteiger partial charge in [0.05, 0.1) is 32.8 Å². The molecule has 1 aromatic rings. The van der Waals surface area contributed by atoms with Crippen LogP contribution in [0, 0.1) is 18.8 Å². The Morgan fingerprint density at radius 2 is 1.61 bits per heavy atom. The number of rotatable bonds is 13. The van der Waals surface area contributed by atoms with Gasteiger partial charge in [0.15, 0.2) is 0 Å². The summed E-state index contributed by atoms with van der Waals surface area (Å²) in [4.78, 5) is 49.6. The van der Waals surface area contributed by atoms with Gasteiger partial charge in [-0.3, -0.25) is 24.1 Å². The molecule has 9 heteroatoms. The molecule has 2 N–H and O–H groups in total. The Hall–Kier alpha value is -3.04. The zero-order valence-corrected chi connectivity index (χ0v) is 21.2. The van der Waals surface area contributed by atoms with Gasteiger partial charge in [0, 0.05) is 36.3 Å². The Labute approximate surface area is 212 Å². The van der Waals surface area contributed by atoms with E-state index < -0.39 is 0 Å². The predicted molar refractivity (Wildman–Crippen MR) is 135 cm³/mol. The van der Waals surface area contributed by atoms with E-state index in [1.807, 2.05) is 31.2 Å². The number of amides is 4. The van der Waals surface area contributed by atoms with Crippen LogP contribution in [-0.2, 0) is 28.7 Å². The zero-order valence-electron chi connectivity index (χ0n) is 21.2. The summed E-state index contributed by atoms with van der Waals surface area (Å²) in [5.74, 6) is -0.292. The van der Waals surface area contributed by atoms with Gasteiger partial charge in [0.2, 0.25) is 11.8 Å². The first-order chi connectivity index (χ1) is 17.3. The average molecular weight is 500 g/mol. The topological polar surface area (TPSA) is 114 Å². The summed E-state index contributed by atoms with van der Waals surface area (Å²) in [5.41, 5.74) is 2.40. The molecule has 1 aromatic carbocycles. The van der Waals surface area contributed by atoms with Gasteiger partial charge < -0.3 is 20.1 Å². The average Bonchev–Trinajstić information content (AvgIpc) is 3.10. The van der Waals surface area contributed by atoms with E-state index in [9.17, 15) is 19.2 Å². The second kappa shape index (κ2) is 13.9. The largest absolute Gasteiger partial charge is 0.379 e. The van der Waals surface area contributed by atoms with Crippen molar-refractivity contribution in [1.29, 1.82) is 0 Å². The molecule has 0 atom stereocenters. The zero-order chi connectivity index (χ0) is 25.9. The van der Waals surface area contributed by atoms with Crippen molar-refractivity contribution in [2.75, 3.05) is 44.8 Å². The molecule has 1 heterocycles. The van der Waals surface area contributed by atoms with Gasteiger partial charge in [-0.05, 0) is 57.6 Å². The summed E-state index contributed by atoms with van der Waals surface area (Å²) < 4.78 is 10.9. The third kappa shape index (κ3) is 8.57. The maximum absolute atomic E-state index is 12.4. The molecule has 0 radical (unpaired) electrons. The normalized spacial score (nSPS) is 19.8. The lowest BCUT2D eigenvalue weighted by Gasteiger charge is -2.30. The van der Waals surface area contributed by atoms with Crippen LogP contribution in [0.2, 0.25) is 0 Å². The van der Waals surface area contributed by atoms with Gasteiger partial charge in [-0.15, -0.1) is 0 Å². The molecular weight excluding hydrogens is 462 g/mol. The fraction of sp³-hybridized carbons (Fsp3) is 0.556. The fourth-order valence-electron chi connectivity index (χ4n) is 4.41. The molecule has 36 heavy (non-hydrogen) atoms. The van der Waals surface area contributed by atoms with Crippen LogP contribution in [-0.4, -0.2) is 68.0 Å². The molecular formula is C27H37N3O6. The Bertz CT molecular complexity index is 951. The minimum Gasteiger partial charge on any atom is -0.379 e. The molecule has 1 aliphatic carbocycles. The van der Waals surface area contributed by atoms with Crippen LogP contribution in [0.4, 0.5) is 5.69 Å². The van der Waals surface area contributed by atoms with Crippen molar-refractivity contribution in [1.82, 2.24) is 10.2 Å². The molecule has 0 bridgehead atoms. The van der Waals surface area contributed by atoms with Crippen LogP contribution in [0.25, 0.3) is 0 Å². The molecule has 1 fully saturated rings. The third-order valence-electron chi connectivity index (χ3n) is 6.57. The van der Waals surface area contributed by atoms with Crippen LogP contribution in [0.15, 0.2) is 35.9 Å². The molecule has 196 valence electrons. The van der Waals surface area contributed by atoms with Crippen molar-refractivity contribution in [2.45, 2.75) is 46.0 Å². The van der Waals surface area contributed by atoms with E-state index in [-0.39, 0.29) is 41.9 Å². The minimum absolute atomic E-state index is 0.0266. The number of benzene rings is 1. The third-order valence-corrected chi connectivity index (χ3v) is 6.57. The number of ether oxygens (including phenoxy) is 2. The first-order valence-corrected chi connectivity index (χ1v) is 12.7. The van der Waals surface area contributed by atoms with E-state index in [2.05, 4.69) is 10.6 Å². The van der Waals surface area contributed by atoms with Crippen molar-refractivity contribution < 1.29 is 28.7 Å². The van der Waals surface area contributed by atoms with E-state index >= 15 is 0 Å². The van der Waals surface area contributed by atoms with Crippen molar-refractivity contribution in [3.05, 3.63) is 41.5 Å². The number of nitrogens with one attached hydrogen (secondary N) is 2. The van der Waals surface area contributed by atoms with Gasteiger partial charge in [-0.1, -0.05) is 17.7 Å². The number of carbonyl (C=O) groups excluding carboxylic acids is 4. The molecule has 0 saturated heterocycles. The van der Waals surface area contributed by atoms with Gasteiger partial charge in [0.1, 0.15) is 0 Å². The number of carbonyl (C=O) groups is 4. The molecule has 0 unspecified atom stereocenters. The van der Waals surface area contributed by atoms with Gasteiger partial charge in [-0.2, -0.15) is 0 Å². The summed E-state index contributed by atoms with van der Waals surface area (Å²) in [6.45, 7) is 6.00. The number of nitrogens with zero attached hydrogens (tertiary/aromatic N) is 1. The number of hydrogen-bond acceptors (Lipinski definition) is 6. The van der Waals surface area contributed by atoms with Crippen molar-refractivity contribution in [3.8, 4) is 0 Å². The highest BCUT2D eigenvalue weighted by molar-refractivity contribution is 6.15. The predicted octanol–water partition coefficient (Wildman–Crippen LogP) is 2.59. The maximum Gasteiger partial charge on any atom is 0.256 e. The molecule has 0 spiro atoms. The van der Waals surface area contributed by atoms with Crippen LogP contribution >= 0.6 is 0 Å². The number of anilines is 1. The summed E-state index contributed by atoms with van der Waals surface area (Å²) >= 11 is 0. The van der Waals surface area contributed by atoms with Crippen LogP contribution in [0.3, 0.4) is 0 Å². The summed E-state index contributed by atoms with van der Waals surface area (Å²) in [6, 6.07) is 7.62. The molecule has 4 amide bonds. The molecule has 3 rings (SSSR count). The van der Waals surface area contributed by atoms with E-state index in [0.717, 1.165) is 36.9 Å². The summed E-state index contributed by atoms with van der Waals surface area (Å²) in [6.07, 6.45) is 4.82. The van der Waals surface area contributed by atoms with Crippen LogP contribution < -0.4 is 10.6 Å². The van der Waals surface area contributed by atoms with Crippen molar-refractivity contribution in [2.24, 2.45) is 11.8 Å². The Kier molecular flexibility index (Phi) is 10.6. The monoisotopic (exact) mass is 499 g/mol. The Balaban J connectivity index is 1.16. The summed E-state index contributed by atoms with van der Waals surface area (Å²) in [7, 11) is 0. The second-order valence-electron chi connectivity index (χ2n) is 9.48. The van der Waals surface area contributed by atoms with E-state index in [4.69, 9.17) is 9.47 Å². The quantitative estimate of drug-likeness (QED) is 0.319.